The van der Waals surface area contributed by atoms with Crippen LogP contribution < -0.4 is 10.6 Å². The molecule has 0 saturated carbocycles. The third-order valence-electron chi connectivity index (χ3n) is 7.78. The molecule has 8 nitrogen and oxygen atoms in total. The van der Waals surface area contributed by atoms with E-state index in [0.29, 0.717) is 17.2 Å². The Balaban J connectivity index is 1.46. The summed E-state index contributed by atoms with van der Waals surface area (Å²) in [5, 5.41) is 7.14. The van der Waals surface area contributed by atoms with E-state index in [9.17, 15) is 9.59 Å². The normalized spacial score (nSPS) is 16.3. The van der Waals surface area contributed by atoms with Gasteiger partial charge in [-0.25, -0.2) is 4.79 Å². The van der Waals surface area contributed by atoms with E-state index in [1.54, 1.807) is 18.3 Å². The van der Waals surface area contributed by atoms with E-state index in [-0.39, 0.29) is 30.4 Å². The molecule has 0 radical (unpaired) electrons. The number of rotatable bonds is 8. The first-order valence-electron chi connectivity index (χ1n) is 13.9. The van der Waals surface area contributed by atoms with Crippen molar-refractivity contribution in [2.45, 2.75) is 46.2 Å². The second kappa shape index (κ2) is 12.2. The molecule has 0 aliphatic carbocycles. The SMILES string of the molecule is COC(=O)c1ccc(-n2c(C)cc([C@H]3[C@H](c4ccccn4)NC(=S)N3CCC(=O)Nc3cc(C)ccc3C)c2C)cc1. The molecular formula is C33H35N5O3S. The summed E-state index contributed by atoms with van der Waals surface area (Å²) >= 11 is 5.85. The summed E-state index contributed by atoms with van der Waals surface area (Å²) in [6, 6.07) is 21.0. The van der Waals surface area contributed by atoms with Crippen LogP contribution in [0, 0.1) is 27.7 Å². The highest BCUT2D eigenvalue weighted by Crippen LogP contribution is 2.41. The summed E-state index contributed by atoms with van der Waals surface area (Å²) < 4.78 is 7.02. The minimum atomic E-state index is -0.371. The van der Waals surface area contributed by atoms with Gasteiger partial charge < -0.3 is 24.8 Å². The van der Waals surface area contributed by atoms with E-state index in [2.05, 4.69) is 45.0 Å². The maximum atomic E-state index is 13.1. The number of hydrogen-bond donors (Lipinski definition) is 2. The van der Waals surface area contributed by atoms with Crippen LogP contribution in [0.15, 0.2) is 72.9 Å². The number of carbonyl (C=O) groups excluding carboxylic acids is 2. The zero-order chi connectivity index (χ0) is 30.0. The molecule has 1 amide bonds. The fraction of sp³-hybridized carbons (Fsp3) is 0.273. The van der Waals surface area contributed by atoms with Crippen LogP contribution in [0.4, 0.5) is 5.69 Å². The van der Waals surface area contributed by atoms with Crippen LogP contribution in [0.2, 0.25) is 0 Å². The smallest absolute Gasteiger partial charge is 0.337 e. The zero-order valence-electron chi connectivity index (χ0n) is 24.5. The summed E-state index contributed by atoms with van der Waals surface area (Å²) in [7, 11) is 1.37. The van der Waals surface area contributed by atoms with Crippen LogP contribution in [0.3, 0.4) is 0 Å². The average Bonchev–Trinajstić information content (AvgIpc) is 3.47. The molecule has 3 heterocycles. The first-order chi connectivity index (χ1) is 20.2. The lowest BCUT2D eigenvalue weighted by Crippen LogP contribution is -2.33. The number of benzene rings is 2. The molecule has 0 unspecified atom stereocenters. The quantitative estimate of drug-likeness (QED) is 0.198. The predicted molar refractivity (Wildman–Crippen MR) is 168 cm³/mol. The van der Waals surface area contributed by atoms with Gasteiger partial charge >= 0.3 is 5.97 Å². The van der Waals surface area contributed by atoms with E-state index < -0.39 is 0 Å². The number of nitrogens with one attached hydrogen (secondary N) is 2. The number of anilines is 1. The molecule has 2 aromatic heterocycles. The number of esters is 1. The number of amides is 1. The van der Waals surface area contributed by atoms with E-state index >= 15 is 0 Å². The van der Waals surface area contributed by atoms with Crippen molar-refractivity contribution < 1.29 is 14.3 Å². The lowest BCUT2D eigenvalue weighted by Gasteiger charge is -2.28. The fourth-order valence-corrected chi connectivity index (χ4v) is 5.97. The second-order valence-electron chi connectivity index (χ2n) is 10.6. The van der Waals surface area contributed by atoms with Crippen LogP contribution in [0.5, 0.6) is 0 Å². The number of ether oxygens (including phenoxy) is 1. The van der Waals surface area contributed by atoms with Gasteiger partial charge in [-0.05, 0) is 105 Å². The van der Waals surface area contributed by atoms with Gasteiger partial charge in [0.15, 0.2) is 5.11 Å². The van der Waals surface area contributed by atoms with Gasteiger partial charge in [0, 0.05) is 41.9 Å². The Kier molecular flexibility index (Phi) is 8.40. The first kappa shape index (κ1) is 29.0. The van der Waals surface area contributed by atoms with Gasteiger partial charge in [0.1, 0.15) is 0 Å². The Bertz CT molecular complexity index is 1630. The number of aromatic nitrogens is 2. The van der Waals surface area contributed by atoms with Gasteiger partial charge in [-0.1, -0.05) is 18.2 Å². The van der Waals surface area contributed by atoms with E-state index in [4.69, 9.17) is 17.0 Å². The van der Waals surface area contributed by atoms with Gasteiger partial charge in [0.2, 0.25) is 5.91 Å². The maximum Gasteiger partial charge on any atom is 0.337 e. The van der Waals surface area contributed by atoms with Crippen molar-refractivity contribution in [3.05, 3.63) is 112 Å². The third kappa shape index (κ3) is 5.78. The monoisotopic (exact) mass is 581 g/mol. The molecule has 0 bridgehead atoms. The predicted octanol–water partition coefficient (Wildman–Crippen LogP) is 5.89. The number of aryl methyl sites for hydroxylation is 3. The van der Waals surface area contributed by atoms with Gasteiger partial charge in [0.05, 0.1) is 30.5 Å². The molecule has 4 aromatic rings. The number of carbonyl (C=O) groups is 2. The number of nitrogens with zero attached hydrogens (tertiary/aromatic N) is 3. The zero-order valence-corrected chi connectivity index (χ0v) is 25.3. The summed E-state index contributed by atoms with van der Waals surface area (Å²) in [5.74, 6) is -0.438. The van der Waals surface area contributed by atoms with Gasteiger partial charge in [-0.3, -0.25) is 9.78 Å². The highest BCUT2D eigenvalue weighted by Gasteiger charge is 2.41. The lowest BCUT2D eigenvalue weighted by atomic mass is 9.96. The third-order valence-corrected chi connectivity index (χ3v) is 8.13. The van der Waals surface area contributed by atoms with Gasteiger partial charge in [-0.15, -0.1) is 0 Å². The largest absolute Gasteiger partial charge is 0.465 e. The van der Waals surface area contributed by atoms with E-state index in [1.807, 2.05) is 62.4 Å². The first-order valence-corrected chi connectivity index (χ1v) is 14.3. The maximum absolute atomic E-state index is 13.1. The Hall–Kier alpha value is -4.50. The van der Waals surface area contributed by atoms with Gasteiger partial charge in [-0.2, -0.15) is 0 Å². The van der Waals surface area contributed by atoms with Crippen molar-refractivity contribution in [3.63, 3.8) is 0 Å². The Morgan fingerprint density at radius 2 is 1.79 bits per heavy atom. The average molecular weight is 582 g/mol. The molecule has 1 saturated heterocycles. The molecular weight excluding hydrogens is 546 g/mol. The number of thiocarbonyl (C=S) groups is 1. The Morgan fingerprint density at radius 3 is 2.48 bits per heavy atom. The van der Waals surface area contributed by atoms with Crippen molar-refractivity contribution in [2.24, 2.45) is 0 Å². The van der Waals surface area contributed by atoms with Crippen LogP contribution in [0.25, 0.3) is 5.69 Å². The number of hydrogen-bond acceptors (Lipinski definition) is 5. The molecule has 2 N–H and O–H groups in total. The second-order valence-corrected chi connectivity index (χ2v) is 11.0. The van der Waals surface area contributed by atoms with Crippen molar-refractivity contribution in [3.8, 4) is 5.69 Å². The number of pyridine rings is 1. The topological polar surface area (TPSA) is 88.5 Å². The Labute approximate surface area is 251 Å². The lowest BCUT2D eigenvalue weighted by molar-refractivity contribution is -0.116. The summed E-state index contributed by atoms with van der Waals surface area (Å²) in [6.07, 6.45) is 2.05. The highest BCUT2D eigenvalue weighted by atomic mass is 32.1. The van der Waals surface area contributed by atoms with Gasteiger partial charge in [0.25, 0.3) is 0 Å². The van der Waals surface area contributed by atoms with Crippen LogP contribution >= 0.6 is 12.2 Å². The van der Waals surface area contributed by atoms with E-state index in [1.165, 1.54) is 7.11 Å². The van der Waals surface area contributed by atoms with E-state index in [0.717, 1.165) is 45.1 Å². The minimum absolute atomic E-state index is 0.0669. The molecule has 1 aliphatic rings. The van der Waals surface area contributed by atoms with Crippen molar-refractivity contribution >= 4 is 34.9 Å². The molecule has 216 valence electrons. The van der Waals surface area contributed by atoms with Crippen molar-refractivity contribution in [1.29, 1.82) is 0 Å². The molecule has 9 heteroatoms. The van der Waals surface area contributed by atoms with Crippen LogP contribution in [-0.2, 0) is 9.53 Å². The molecule has 5 rings (SSSR count). The minimum Gasteiger partial charge on any atom is -0.465 e. The fourth-order valence-electron chi connectivity index (χ4n) is 5.64. The molecule has 2 atom stereocenters. The highest BCUT2D eigenvalue weighted by molar-refractivity contribution is 7.80. The van der Waals surface area contributed by atoms with Crippen LogP contribution in [0.1, 0.15) is 62.6 Å². The molecule has 1 aliphatic heterocycles. The molecule has 1 fully saturated rings. The Morgan fingerprint density at radius 1 is 1.02 bits per heavy atom. The molecule has 0 spiro atoms. The summed E-state index contributed by atoms with van der Waals surface area (Å²) in [6.45, 7) is 8.58. The standard InChI is InChI=1S/C33H35N5O3S/c1-20-9-10-21(2)28(18-20)35-29(39)15-17-37-31(30(36-33(37)42)27-8-6-7-16-34-27)26-19-22(3)38(23(26)4)25-13-11-24(12-14-25)32(40)41-5/h6-14,16,18-19,30-31H,15,17H2,1-5H3,(H,35,39)(H,36,42)/t30-,31-/m0/s1. The summed E-state index contributed by atoms with van der Waals surface area (Å²) in [4.78, 5) is 31.8. The van der Waals surface area contributed by atoms with Crippen molar-refractivity contribution in [1.82, 2.24) is 19.8 Å². The summed E-state index contributed by atoms with van der Waals surface area (Å²) in [5.41, 5.74) is 8.41. The van der Waals surface area contributed by atoms with Crippen LogP contribution in [-0.4, -0.2) is 45.1 Å². The number of methoxy groups -OCH3 is 1. The molecule has 42 heavy (non-hydrogen) atoms. The van der Waals surface area contributed by atoms with Crippen molar-refractivity contribution in [2.75, 3.05) is 19.0 Å². The molecule has 2 aromatic carbocycles.